The molecule has 3 nitrogen and oxygen atoms in total. The number of aromatic amines is 1. The third-order valence-corrected chi connectivity index (χ3v) is 5.68. The molecule has 0 saturated heterocycles. The summed E-state index contributed by atoms with van der Waals surface area (Å²) in [5, 5.41) is 5.04. The molecule has 4 heteroatoms. The van der Waals surface area contributed by atoms with Gasteiger partial charge in [-0.15, -0.1) is 0 Å². The molecule has 3 aromatic rings. The predicted octanol–water partition coefficient (Wildman–Crippen LogP) is 4.07. The summed E-state index contributed by atoms with van der Waals surface area (Å²) in [4.78, 5) is 3.65. The number of anilines is 1. The summed E-state index contributed by atoms with van der Waals surface area (Å²) < 4.78 is 1.22. The van der Waals surface area contributed by atoms with E-state index in [1.807, 2.05) is 0 Å². The first-order valence-electron chi connectivity index (χ1n) is 7.92. The van der Waals surface area contributed by atoms with Crippen LogP contribution >= 0.6 is 22.6 Å². The van der Waals surface area contributed by atoms with Crippen LogP contribution in [0, 0.1) is 10.5 Å². The maximum Gasteiger partial charge on any atom is 0.0836 e. The van der Waals surface area contributed by atoms with Crippen molar-refractivity contribution in [2.24, 2.45) is 0 Å². The Hall–Kier alpha value is -1.53. The quantitative estimate of drug-likeness (QED) is 0.413. The number of nitrogen functional groups attached to an aromatic ring is 1. The monoisotopic (exact) mass is 417 g/mol. The Morgan fingerprint density at radius 1 is 1.22 bits per heavy atom. The number of para-hydroxylation sites is 1. The van der Waals surface area contributed by atoms with Gasteiger partial charge in [-0.3, -0.25) is 0 Å². The van der Waals surface area contributed by atoms with E-state index in [0.717, 1.165) is 29.8 Å². The first-order chi connectivity index (χ1) is 11.0. The smallest absolute Gasteiger partial charge is 0.0836 e. The van der Waals surface area contributed by atoms with Gasteiger partial charge in [-0.25, -0.2) is 0 Å². The third kappa shape index (κ3) is 2.19. The van der Waals surface area contributed by atoms with Crippen molar-refractivity contribution in [3.63, 3.8) is 0 Å². The molecule has 4 rings (SSSR count). The van der Waals surface area contributed by atoms with Crippen LogP contribution in [0.4, 0.5) is 5.69 Å². The van der Waals surface area contributed by atoms with Crippen molar-refractivity contribution in [2.45, 2.75) is 25.8 Å². The van der Waals surface area contributed by atoms with Crippen molar-refractivity contribution in [3.8, 4) is 0 Å². The minimum Gasteiger partial charge on any atom is -0.398 e. The lowest BCUT2D eigenvalue weighted by Gasteiger charge is -2.37. The van der Waals surface area contributed by atoms with Crippen molar-refractivity contribution in [1.82, 2.24) is 10.3 Å². The van der Waals surface area contributed by atoms with Crippen LogP contribution in [0.1, 0.15) is 29.3 Å². The zero-order valence-corrected chi connectivity index (χ0v) is 15.5. The zero-order valence-electron chi connectivity index (χ0n) is 13.3. The second kappa shape index (κ2) is 5.24. The van der Waals surface area contributed by atoms with Crippen LogP contribution in [0.5, 0.6) is 0 Å². The molecule has 0 radical (unpaired) electrons. The number of hydrogen-bond acceptors (Lipinski definition) is 2. The average molecular weight is 417 g/mol. The molecule has 4 N–H and O–H groups in total. The molecule has 23 heavy (non-hydrogen) atoms. The van der Waals surface area contributed by atoms with E-state index >= 15 is 0 Å². The summed E-state index contributed by atoms with van der Waals surface area (Å²) in [6, 6.07) is 12.9. The lowest BCUT2D eigenvalue weighted by molar-refractivity contribution is 0.408. The van der Waals surface area contributed by atoms with Crippen molar-refractivity contribution in [1.29, 1.82) is 0 Å². The minimum atomic E-state index is -0.289. The molecule has 1 aliphatic heterocycles. The van der Waals surface area contributed by atoms with E-state index in [-0.39, 0.29) is 5.54 Å². The zero-order chi connectivity index (χ0) is 16.2. The number of H-pyrrole nitrogens is 1. The summed E-state index contributed by atoms with van der Waals surface area (Å²) in [5.41, 5.74) is 13.2. The van der Waals surface area contributed by atoms with Gasteiger partial charge in [0.1, 0.15) is 0 Å². The highest BCUT2D eigenvalue weighted by Crippen LogP contribution is 2.41. The van der Waals surface area contributed by atoms with Crippen molar-refractivity contribution >= 4 is 39.2 Å². The van der Waals surface area contributed by atoms with Crippen LogP contribution in [-0.2, 0) is 12.0 Å². The molecular formula is C19H20IN3. The van der Waals surface area contributed by atoms with E-state index in [1.165, 1.54) is 25.7 Å². The Morgan fingerprint density at radius 3 is 2.83 bits per heavy atom. The molecule has 1 atom stereocenters. The average Bonchev–Trinajstić information content (AvgIpc) is 2.91. The molecular weight excluding hydrogens is 397 g/mol. The van der Waals surface area contributed by atoms with E-state index in [1.54, 1.807) is 0 Å². The lowest BCUT2D eigenvalue weighted by atomic mass is 9.81. The Kier molecular flexibility index (Phi) is 3.43. The number of benzene rings is 2. The number of aryl methyl sites for hydroxylation is 1. The fourth-order valence-electron chi connectivity index (χ4n) is 3.81. The SMILES string of the molecule is Cc1cc(I)cc(C2(C)NCCc3c2[nH]c2ccccc32)c1N. The van der Waals surface area contributed by atoms with Crippen LogP contribution in [0.2, 0.25) is 0 Å². The molecule has 1 aliphatic rings. The fraction of sp³-hybridized carbons (Fsp3) is 0.263. The van der Waals surface area contributed by atoms with Gasteiger partial charge in [-0.1, -0.05) is 18.2 Å². The van der Waals surface area contributed by atoms with Crippen LogP contribution in [-0.4, -0.2) is 11.5 Å². The van der Waals surface area contributed by atoms with Gasteiger partial charge in [0, 0.05) is 38.0 Å². The van der Waals surface area contributed by atoms with Crippen molar-refractivity contribution < 1.29 is 0 Å². The molecule has 1 unspecified atom stereocenters. The number of nitrogens with one attached hydrogen (secondary N) is 2. The second-order valence-electron chi connectivity index (χ2n) is 6.51. The normalized spacial score (nSPS) is 20.7. The Balaban J connectivity index is 2.01. The summed E-state index contributed by atoms with van der Waals surface area (Å²) >= 11 is 2.37. The van der Waals surface area contributed by atoms with Gasteiger partial charge in [0.2, 0.25) is 0 Å². The van der Waals surface area contributed by atoms with Crippen LogP contribution < -0.4 is 11.1 Å². The van der Waals surface area contributed by atoms with E-state index in [9.17, 15) is 0 Å². The van der Waals surface area contributed by atoms with E-state index < -0.39 is 0 Å². The highest BCUT2D eigenvalue weighted by Gasteiger charge is 2.37. The van der Waals surface area contributed by atoms with Crippen molar-refractivity contribution in [3.05, 3.63) is 62.4 Å². The van der Waals surface area contributed by atoms with Gasteiger partial charge in [-0.05, 0) is 72.2 Å². The first-order valence-corrected chi connectivity index (χ1v) is 9.00. The van der Waals surface area contributed by atoms with Gasteiger partial charge in [0.05, 0.1) is 5.54 Å². The molecule has 0 saturated carbocycles. The Labute approximate surface area is 149 Å². The van der Waals surface area contributed by atoms with Gasteiger partial charge in [0.15, 0.2) is 0 Å². The standard InChI is InChI=1S/C19H20IN3/c1-11-9-12(20)10-15(17(11)21)19(2)18-14(7-8-22-19)13-5-3-4-6-16(13)23-18/h3-6,9-10,22-23H,7-8,21H2,1-2H3. The maximum absolute atomic E-state index is 6.46. The molecule has 2 heterocycles. The highest BCUT2D eigenvalue weighted by molar-refractivity contribution is 14.1. The van der Waals surface area contributed by atoms with Gasteiger partial charge >= 0.3 is 0 Å². The predicted molar refractivity (Wildman–Crippen MR) is 105 cm³/mol. The molecule has 0 amide bonds. The number of rotatable bonds is 1. The highest BCUT2D eigenvalue weighted by atomic mass is 127. The largest absolute Gasteiger partial charge is 0.398 e. The second-order valence-corrected chi connectivity index (χ2v) is 7.76. The lowest BCUT2D eigenvalue weighted by Crippen LogP contribution is -2.46. The number of aromatic nitrogens is 1. The van der Waals surface area contributed by atoms with Crippen LogP contribution in [0.3, 0.4) is 0 Å². The molecule has 2 aromatic carbocycles. The number of halogens is 1. The van der Waals surface area contributed by atoms with E-state index in [2.05, 4.69) is 83.1 Å². The van der Waals surface area contributed by atoms with Crippen molar-refractivity contribution in [2.75, 3.05) is 12.3 Å². The van der Waals surface area contributed by atoms with Gasteiger partial charge in [-0.2, -0.15) is 0 Å². The van der Waals surface area contributed by atoms with Gasteiger partial charge < -0.3 is 16.0 Å². The summed E-state index contributed by atoms with van der Waals surface area (Å²) in [5.74, 6) is 0. The topological polar surface area (TPSA) is 53.8 Å². The molecule has 1 aromatic heterocycles. The molecule has 0 aliphatic carbocycles. The van der Waals surface area contributed by atoms with Gasteiger partial charge in [0.25, 0.3) is 0 Å². The van der Waals surface area contributed by atoms with Crippen LogP contribution in [0.15, 0.2) is 36.4 Å². The van der Waals surface area contributed by atoms with E-state index in [0.29, 0.717) is 0 Å². The number of fused-ring (bicyclic) bond motifs is 3. The Morgan fingerprint density at radius 2 is 2.00 bits per heavy atom. The number of nitrogens with two attached hydrogens (primary N) is 1. The molecule has 0 fully saturated rings. The Bertz CT molecular complexity index is 912. The summed E-state index contributed by atoms with van der Waals surface area (Å²) in [7, 11) is 0. The minimum absolute atomic E-state index is 0.289. The molecule has 0 spiro atoms. The van der Waals surface area contributed by atoms with E-state index in [4.69, 9.17) is 5.73 Å². The van der Waals surface area contributed by atoms with Crippen LogP contribution in [0.25, 0.3) is 10.9 Å². The summed E-state index contributed by atoms with van der Waals surface area (Å²) in [6.45, 7) is 5.27. The maximum atomic E-state index is 6.46. The molecule has 118 valence electrons. The summed E-state index contributed by atoms with van der Waals surface area (Å²) in [6.07, 6.45) is 1.04. The fourth-order valence-corrected chi connectivity index (χ4v) is 4.59. The molecule has 0 bridgehead atoms. The third-order valence-electron chi connectivity index (χ3n) is 5.06. The first kappa shape index (κ1) is 15.0. The number of hydrogen-bond donors (Lipinski definition) is 3.